The van der Waals surface area contributed by atoms with E-state index in [1.54, 1.807) is 0 Å². The number of hydrogen-bond donors (Lipinski definition) is 0. The molecule has 17 heavy (non-hydrogen) atoms. The molecule has 0 spiro atoms. The number of hydrogen-bond acceptors (Lipinski definition) is 3. The highest BCUT2D eigenvalue weighted by atomic mass is 15.3. The van der Waals surface area contributed by atoms with Crippen LogP contribution in [-0.2, 0) is 0 Å². The zero-order valence-electron chi connectivity index (χ0n) is 12.0. The third-order valence-corrected chi connectivity index (χ3v) is 4.52. The second kappa shape index (κ2) is 5.68. The summed E-state index contributed by atoms with van der Waals surface area (Å²) in [6.45, 7) is 16.9. The van der Waals surface area contributed by atoms with Crippen LogP contribution in [0.5, 0.6) is 0 Å². The second-order valence-corrected chi connectivity index (χ2v) is 6.20. The summed E-state index contributed by atoms with van der Waals surface area (Å²) < 4.78 is 0. The number of likely N-dealkylation sites (tertiary alicyclic amines) is 1. The lowest BCUT2D eigenvalue weighted by molar-refractivity contribution is 0.0786. The van der Waals surface area contributed by atoms with Crippen molar-refractivity contribution in [3.63, 3.8) is 0 Å². The molecule has 0 bridgehead atoms. The van der Waals surface area contributed by atoms with Gasteiger partial charge in [0, 0.05) is 57.4 Å². The standard InChI is InChI=1S/C14H29N3/c1-12(2)15-7-9-16(10-8-15)14-5-6-17(11-14)13(3)4/h12-14H,5-11H2,1-4H3/t14-/m0/s1. The molecule has 1 atom stereocenters. The first-order chi connectivity index (χ1) is 8.08. The molecule has 3 heteroatoms. The Kier molecular flexibility index (Phi) is 4.45. The molecule has 0 radical (unpaired) electrons. The molecule has 0 aromatic carbocycles. The average Bonchev–Trinajstić information content (AvgIpc) is 2.78. The topological polar surface area (TPSA) is 9.72 Å². The maximum Gasteiger partial charge on any atom is 0.0236 e. The summed E-state index contributed by atoms with van der Waals surface area (Å²) in [5, 5.41) is 0. The van der Waals surface area contributed by atoms with E-state index in [4.69, 9.17) is 0 Å². The lowest BCUT2D eigenvalue weighted by atomic mass is 10.1. The Balaban J connectivity index is 1.78. The van der Waals surface area contributed by atoms with Crippen LogP contribution in [0.25, 0.3) is 0 Å². The average molecular weight is 239 g/mol. The van der Waals surface area contributed by atoms with E-state index < -0.39 is 0 Å². The van der Waals surface area contributed by atoms with Crippen LogP contribution >= 0.6 is 0 Å². The lowest BCUT2D eigenvalue weighted by Crippen LogP contribution is -2.52. The molecular formula is C14H29N3. The smallest absolute Gasteiger partial charge is 0.0236 e. The van der Waals surface area contributed by atoms with Crippen LogP contribution in [0.1, 0.15) is 34.1 Å². The van der Waals surface area contributed by atoms with Gasteiger partial charge in [-0.05, 0) is 34.1 Å². The van der Waals surface area contributed by atoms with Crippen LogP contribution in [-0.4, -0.2) is 72.1 Å². The Morgan fingerprint density at radius 2 is 1.35 bits per heavy atom. The fourth-order valence-corrected chi connectivity index (χ4v) is 3.15. The summed E-state index contributed by atoms with van der Waals surface area (Å²) in [5.41, 5.74) is 0. The van der Waals surface area contributed by atoms with Gasteiger partial charge in [0.2, 0.25) is 0 Å². The zero-order valence-corrected chi connectivity index (χ0v) is 12.0. The molecule has 0 unspecified atom stereocenters. The molecular weight excluding hydrogens is 210 g/mol. The SMILES string of the molecule is CC(C)N1CCN([C@H]2CCN(C(C)C)C2)CC1. The summed E-state index contributed by atoms with van der Waals surface area (Å²) >= 11 is 0. The van der Waals surface area contributed by atoms with Crippen molar-refractivity contribution in [3.8, 4) is 0 Å². The van der Waals surface area contributed by atoms with Gasteiger partial charge in [0.1, 0.15) is 0 Å². The fraction of sp³-hybridized carbons (Fsp3) is 1.00. The Morgan fingerprint density at radius 3 is 1.82 bits per heavy atom. The third kappa shape index (κ3) is 3.21. The molecule has 0 amide bonds. The van der Waals surface area contributed by atoms with Crippen LogP contribution in [0.3, 0.4) is 0 Å². The molecule has 0 aromatic heterocycles. The van der Waals surface area contributed by atoms with Gasteiger partial charge in [-0.3, -0.25) is 14.7 Å². The summed E-state index contributed by atoms with van der Waals surface area (Å²) in [6.07, 6.45) is 1.37. The van der Waals surface area contributed by atoms with Crippen LogP contribution in [0.2, 0.25) is 0 Å². The maximum atomic E-state index is 2.72. The molecule has 0 saturated carbocycles. The van der Waals surface area contributed by atoms with Gasteiger partial charge in [0.15, 0.2) is 0 Å². The van der Waals surface area contributed by atoms with Crippen LogP contribution in [0.4, 0.5) is 0 Å². The Bertz CT molecular complexity index is 232. The second-order valence-electron chi connectivity index (χ2n) is 6.20. The van der Waals surface area contributed by atoms with Gasteiger partial charge in [-0.2, -0.15) is 0 Å². The molecule has 2 aliphatic rings. The summed E-state index contributed by atoms with van der Waals surface area (Å²) in [6, 6.07) is 2.26. The van der Waals surface area contributed by atoms with Crippen molar-refractivity contribution in [2.45, 2.75) is 52.2 Å². The van der Waals surface area contributed by atoms with Crippen molar-refractivity contribution >= 4 is 0 Å². The van der Waals surface area contributed by atoms with Gasteiger partial charge < -0.3 is 0 Å². The van der Waals surface area contributed by atoms with Gasteiger partial charge in [0.25, 0.3) is 0 Å². The predicted molar refractivity (Wildman–Crippen MR) is 73.4 cm³/mol. The van der Waals surface area contributed by atoms with E-state index in [0.29, 0.717) is 6.04 Å². The van der Waals surface area contributed by atoms with Crippen molar-refractivity contribution < 1.29 is 0 Å². The minimum Gasteiger partial charge on any atom is -0.299 e. The Labute approximate surface area is 107 Å². The van der Waals surface area contributed by atoms with Gasteiger partial charge >= 0.3 is 0 Å². The van der Waals surface area contributed by atoms with Crippen molar-refractivity contribution in [3.05, 3.63) is 0 Å². The zero-order chi connectivity index (χ0) is 12.4. The van der Waals surface area contributed by atoms with Crippen LogP contribution < -0.4 is 0 Å². The van der Waals surface area contributed by atoms with Gasteiger partial charge in [-0.15, -0.1) is 0 Å². The Morgan fingerprint density at radius 1 is 0.765 bits per heavy atom. The van der Waals surface area contributed by atoms with Gasteiger partial charge in [-0.1, -0.05) is 0 Å². The van der Waals surface area contributed by atoms with Gasteiger partial charge in [0.05, 0.1) is 0 Å². The highest BCUT2D eigenvalue weighted by molar-refractivity contribution is 4.87. The first kappa shape index (κ1) is 13.3. The van der Waals surface area contributed by atoms with E-state index in [9.17, 15) is 0 Å². The third-order valence-electron chi connectivity index (χ3n) is 4.52. The van der Waals surface area contributed by atoms with E-state index in [1.165, 1.54) is 45.7 Å². The molecule has 100 valence electrons. The quantitative estimate of drug-likeness (QED) is 0.739. The normalized spacial score (nSPS) is 29.6. The molecule has 2 saturated heterocycles. The minimum absolute atomic E-state index is 0.716. The molecule has 2 rings (SSSR count). The van der Waals surface area contributed by atoms with Crippen LogP contribution in [0, 0.1) is 0 Å². The molecule has 2 aliphatic heterocycles. The Hall–Kier alpha value is -0.120. The van der Waals surface area contributed by atoms with Crippen LogP contribution in [0.15, 0.2) is 0 Å². The number of nitrogens with zero attached hydrogens (tertiary/aromatic N) is 3. The monoisotopic (exact) mass is 239 g/mol. The molecule has 3 nitrogen and oxygen atoms in total. The fourth-order valence-electron chi connectivity index (χ4n) is 3.15. The minimum atomic E-state index is 0.716. The van der Waals surface area contributed by atoms with Crippen molar-refractivity contribution in [1.29, 1.82) is 0 Å². The molecule has 0 aliphatic carbocycles. The first-order valence-corrected chi connectivity index (χ1v) is 7.30. The number of rotatable bonds is 3. The van der Waals surface area contributed by atoms with Crippen molar-refractivity contribution in [2.24, 2.45) is 0 Å². The van der Waals surface area contributed by atoms with E-state index >= 15 is 0 Å². The molecule has 2 fully saturated rings. The predicted octanol–water partition coefficient (Wildman–Crippen LogP) is 1.50. The highest BCUT2D eigenvalue weighted by Crippen LogP contribution is 2.19. The van der Waals surface area contributed by atoms with E-state index in [-0.39, 0.29) is 0 Å². The van der Waals surface area contributed by atoms with Gasteiger partial charge in [-0.25, -0.2) is 0 Å². The molecule has 0 N–H and O–H groups in total. The first-order valence-electron chi connectivity index (χ1n) is 7.30. The van der Waals surface area contributed by atoms with Crippen molar-refractivity contribution in [2.75, 3.05) is 39.3 Å². The lowest BCUT2D eigenvalue weighted by Gasteiger charge is -2.39. The number of piperazine rings is 1. The summed E-state index contributed by atoms with van der Waals surface area (Å²) in [5.74, 6) is 0. The summed E-state index contributed by atoms with van der Waals surface area (Å²) in [4.78, 5) is 7.95. The maximum absolute atomic E-state index is 2.72. The van der Waals surface area contributed by atoms with Crippen molar-refractivity contribution in [1.82, 2.24) is 14.7 Å². The largest absolute Gasteiger partial charge is 0.299 e. The van der Waals surface area contributed by atoms with E-state index in [0.717, 1.165) is 12.1 Å². The molecule has 2 heterocycles. The van der Waals surface area contributed by atoms with E-state index in [1.807, 2.05) is 0 Å². The molecule has 0 aromatic rings. The summed E-state index contributed by atoms with van der Waals surface area (Å²) in [7, 11) is 0. The highest BCUT2D eigenvalue weighted by Gasteiger charge is 2.30. The van der Waals surface area contributed by atoms with E-state index in [2.05, 4.69) is 42.4 Å².